The minimum Gasteiger partial charge on any atom is -0.457 e. The number of nitrogens with one attached hydrogen (secondary N) is 1. The van der Waals surface area contributed by atoms with Crippen LogP contribution in [0.5, 0.6) is 0 Å². The molecule has 2 aromatic heterocycles. The second-order valence-electron chi connectivity index (χ2n) is 5.60. The van der Waals surface area contributed by atoms with E-state index in [0.29, 0.717) is 33.0 Å². The van der Waals surface area contributed by atoms with Crippen LogP contribution in [0.25, 0.3) is 34.0 Å². The molecule has 0 aliphatic rings. The summed E-state index contributed by atoms with van der Waals surface area (Å²) in [5, 5.41) is 10.4. The number of hydrogen-bond acceptors (Lipinski definition) is 3. The van der Waals surface area contributed by atoms with Crippen LogP contribution >= 0.6 is 23.2 Å². The first-order chi connectivity index (χ1) is 12.6. The number of aromatic nitrogens is 2. The highest BCUT2D eigenvalue weighted by atomic mass is 35.5. The number of hydrogen-bond donors (Lipinski definition) is 1. The zero-order valence-corrected chi connectivity index (χ0v) is 14.8. The quantitative estimate of drug-likeness (QED) is 0.431. The van der Waals surface area contributed by atoms with E-state index < -0.39 is 0 Å². The van der Waals surface area contributed by atoms with Crippen molar-refractivity contribution >= 4 is 45.9 Å². The van der Waals surface area contributed by atoms with E-state index in [-0.39, 0.29) is 0 Å². The number of nitriles is 1. The van der Waals surface area contributed by atoms with Crippen molar-refractivity contribution in [1.29, 1.82) is 5.26 Å². The summed E-state index contributed by atoms with van der Waals surface area (Å²) in [5.74, 6) is 1.68. The Morgan fingerprint density at radius 3 is 2.69 bits per heavy atom. The van der Waals surface area contributed by atoms with Crippen LogP contribution in [0.2, 0.25) is 10.0 Å². The Bertz CT molecular complexity index is 1150. The van der Waals surface area contributed by atoms with Gasteiger partial charge in [-0.05, 0) is 42.5 Å². The number of para-hydroxylation sites is 2. The first-order valence-corrected chi connectivity index (χ1v) is 8.52. The summed E-state index contributed by atoms with van der Waals surface area (Å²) in [7, 11) is 0. The summed E-state index contributed by atoms with van der Waals surface area (Å²) in [4.78, 5) is 7.59. The average molecular weight is 380 g/mol. The van der Waals surface area contributed by atoms with Crippen molar-refractivity contribution in [2.75, 3.05) is 0 Å². The Balaban J connectivity index is 1.69. The molecule has 6 heteroatoms. The van der Waals surface area contributed by atoms with Crippen molar-refractivity contribution in [3.05, 3.63) is 76.2 Å². The molecule has 0 radical (unpaired) electrons. The first kappa shape index (κ1) is 16.5. The number of benzene rings is 2. The first-order valence-electron chi connectivity index (χ1n) is 7.76. The molecular formula is C20H11Cl2N3O. The van der Waals surface area contributed by atoms with Crippen molar-refractivity contribution in [3.8, 4) is 17.4 Å². The standard InChI is InChI=1S/C20H11Cl2N3O/c21-15-7-5-12(10-16(15)22)19-8-6-14(26-19)9-13(11-23)20-24-17-3-1-2-4-18(17)25-20/h1-10H,(H,24,25). The van der Waals surface area contributed by atoms with Gasteiger partial charge in [-0.1, -0.05) is 35.3 Å². The molecular weight excluding hydrogens is 369 g/mol. The Morgan fingerprint density at radius 1 is 1.08 bits per heavy atom. The van der Waals surface area contributed by atoms with E-state index in [0.717, 1.165) is 16.6 Å². The summed E-state index contributed by atoms with van der Waals surface area (Å²) in [5.41, 5.74) is 2.87. The van der Waals surface area contributed by atoms with E-state index in [1.54, 1.807) is 24.3 Å². The van der Waals surface area contributed by atoms with Crippen LogP contribution in [-0.4, -0.2) is 9.97 Å². The third-order valence-electron chi connectivity index (χ3n) is 3.88. The van der Waals surface area contributed by atoms with Crippen LogP contribution in [0, 0.1) is 11.3 Å². The van der Waals surface area contributed by atoms with E-state index >= 15 is 0 Å². The summed E-state index contributed by atoms with van der Waals surface area (Å²) < 4.78 is 5.82. The maximum atomic E-state index is 9.50. The molecule has 2 heterocycles. The normalized spacial score (nSPS) is 11.7. The smallest absolute Gasteiger partial charge is 0.149 e. The molecule has 4 rings (SSSR count). The minimum absolute atomic E-state index is 0.385. The number of allylic oxidation sites excluding steroid dienone is 1. The van der Waals surface area contributed by atoms with Gasteiger partial charge in [0.15, 0.2) is 0 Å². The number of furan rings is 1. The van der Waals surface area contributed by atoms with Gasteiger partial charge >= 0.3 is 0 Å². The highest BCUT2D eigenvalue weighted by Crippen LogP contribution is 2.30. The van der Waals surface area contributed by atoms with Gasteiger partial charge in [-0.25, -0.2) is 4.98 Å². The Kier molecular flexibility index (Phi) is 4.26. The Hall–Kier alpha value is -3.00. The van der Waals surface area contributed by atoms with E-state index in [9.17, 15) is 5.26 Å². The molecule has 0 fully saturated rings. The van der Waals surface area contributed by atoms with E-state index in [1.165, 1.54) is 0 Å². The molecule has 0 unspecified atom stereocenters. The van der Waals surface area contributed by atoms with Gasteiger partial charge in [0.2, 0.25) is 0 Å². The number of H-pyrrole nitrogens is 1. The van der Waals surface area contributed by atoms with Gasteiger partial charge in [-0.15, -0.1) is 0 Å². The highest BCUT2D eigenvalue weighted by Gasteiger charge is 2.10. The van der Waals surface area contributed by atoms with Gasteiger partial charge in [0.05, 0.1) is 26.7 Å². The SMILES string of the molecule is N#CC(=Cc1ccc(-c2ccc(Cl)c(Cl)c2)o1)c1nc2ccccc2[nH]1. The topological polar surface area (TPSA) is 65.6 Å². The molecule has 26 heavy (non-hydrogen) atoms. The summed E-state index contributed by atoms with van der Waals surface area (Å²) in [6.07, 6.45) is 1.65. The lowest BCUT2D eigenvalue weighted by molar-refractivity contribution is 0.572. The average Bonchev–Trinajstić information content (AvgIpc) is 3.28. The molecule has 4 nitrogen and oxygen atoms in total. The predicted molar refractivity (Wildman–Crippen MR) is 104 cm³/mol. The van der Waals surface area contributed by atoms with Crippen LogP contribution < -0.4 is 0 Å². The van der Waals surface area contributed by atoms with E-state index in [2.05, 4.69) is 16.0 Å². The number of aromatic amines is 1. The number of rotatable bonds is 3. The molecule has 0 aliphatic heterocycles. The van der Waals surface area contributed by atoms with Crippen molar-refractivity contribution < 1.29 is 4.42 Å². The molecule has 0 bridgehead atoms. The Labute approximate surface area is 159 Å². The van der Waals surface area contributed by atoms with Gasteiger partial charge in [-0.2, -0.15) is 5.26 Å². The molecule has 0 atom stereocenters. The third kappa shape index (κ3) is 3.11. The second-order valence-corrected chi connectivity index (χ2v) is 6.42. The van der Waals surface area contributed by atoms with Gasteiger partial charge in [0.1, 0.15) is 23.4 Å². The van der Waals surface area contributed by atoms with Gasteiger partial charge in [-0.3, -0.25) is 0 Å². The number of halogens is 2. The number of imidazole rings is 1. The summed E-state index contributed by atoms with van der Waals surface area (Å²) in [6, 6.07) is 18.7. The molecule has 0 aliphatic carbocycles. The fraction of sp³-hybridized carbons (Fsp3) is 0. The zero-order chi connectivity index (χ0) is 18.1. The molecule has 1 N–H and O–H groups in total. The van der Waals surface area contributed by atoms with Crippen LogP contribution in [0.1, 0.15) is 11.6 Å². The molecule has 0 saturated heterocycles. The molecule has 4 aromatic rings. The minimum atomic E-state index is 0.385. The van der Waals surface area contributed by atoms with E-state index in [1.807, 2.05) is 36.4 Å². The lowest BCUT2D eigenvalue weighted by atomic mass is 10.2. The van der Waals surface area contributed by atoms with Crippen LogP contribution in [0.4, 0.5) is 0 Å². The van der Waals surface area contributed by atoms with Crippen molar-refractivity contribution in [1.82, 2.24) is 9.97 Å². The lowest BCUT2D eigenvalue weighted by Gasteiger charge is -1.99. The van der Waals surface area contributed by atoms with Gasteiger partial charge in [0.25, 0.3) is 0 Å². The molecule has 0 saturated carbocycles. The van der Waals surface area contributed by atoms with E-state index in [4.69, 9.17) is 27.6 Å². The molecule has 126 valence electrons. The van der Waals surface area contributed by atoms with Crippen LogP contribution in [-0.2, 0) is 0 Å². The van der Waals surface area contributed by atoms with Crippen LogP contribution in [0.15, 0.2) is 59.0 Å². The maximum Gasteiger partial charge on any atom is 0.149 e. The van der Waals surface area contributed by atoms with Gasteiger partial charge in [0, 0.05) is 11.6 Å². The largest absolute Gasteiger partial charge is 0.457 e. The molecule has 0 amide bonds. The summed E-state index contributed by atoms with van der Waals surface area (Å²) in [6.45, 7) is 0. The van der Waals surface area contributed by atoms with Gasteiger partial charge < -0.3 is 9.40 Å². The fourth-order valence-corrected chi connectivity index (χ4v) is 2.91. The number of nitrogens with zero attached hydrogens (tertiary/aromatic N) is 2. The van der Waals surface area contributed by atoms with Crippen molar-refractivity contribution in [3.63, 3.8) is 0 Å². The predicted octanol–water partition coefficient (Wildman–Crippen LogP) is 6.19. The third-order valence-corrected chi connectivity index (χ3v) is 4.62. The van der Waals surface area contributed by atoms with Crippen molar-refractivity contribution in [2.45, 2.75) is 0 Å². The zero-order valence-electron chi connectivity index (χ0n) is 13.3. The molecule has 2 aromatic carbocycles. The lowest BCUT2D eigenvalue weighted by Crippen LogP contribution is -1.84. The monoisotopic (exact) mass is 379 g/mol. The number of fused-ring (bicyclic) bond motifs is 1. The molecule has 0 spiro atoms. The van der Waals surface area contributed by atoms with Crippen molar-refractivity contribution in [2.24, 2.45) is 0 Å². The maximum absolute atomic E-state index is 9.50. The summed E-state index contributed by atoms with van der Waals surface area (Å²) >= 11 is 12.0. The Morgan fingerprint density at radius 2 is 1.92 bits per heavy atom. The van der Waals surface area contributed by atoms with Crippen LogP contribution in [0.3, 0.4) is 0 Å². The highest BCUT2D eigenvalue weighted by molar-refractivity contribution is 6.42. The fourth-order valence-electron chi connectivity index (χ4n) is 2.61. The second kappa shape index (κ2) is 6.72.